The number of para-hydroxylation sites is 1. The number of fused-ring (bicyclic) bond motifs is 1. The molecule has 13 heteroatoms. The first-order chi connectivity index (χ1) is 14.7. The largest absolute Gasteiger partial charge is 0.334 e. The molecule has 2 aromatic carbocycles. The average molecular weight is 441 g/mol. The molecule has 0 aliphatic carbocycles. The van der Waals surface area contributed by atoms with Gasteiger partial charge in [0.05, 0.1) is 31.9 Å². The van der Waals surface area contributed by atoms with Crippen LogP contribution < -0.4 is 0 Å². The highest BCUT2D eigenvalue weighted by molar-refractivity contribution is 7.90. The lowest BCUT2D eigenvalue weighted by molar-refractivity contribution is -0.394. The van der Waals surface area contributed by atoms with Crippen LogP contribution in [0.5, 0.6) is 0 Å². The minimum absolute atomic E-state index is 0.0112. The fourth-order valence-electron chi connectivity index (χ4n) is 2.93. The van der Waals surface area contributed by atoms with Gasteiger partial charge in [-0.3, -0.25) is 25.2 Å². The second-order valence-corrected chi connectivity index (χ2v) is 8.32. The van der Waals surface area contributed by atoms with Gasteiger partial charge in [-0.05, 0) is 12.1 Å². The van der Waals surface area contributed by atoms with Crippen molar-refractivity contribution in [1.29, 1.82) is 0 Å². The van der Waals surface area contributed by atoms with Crippen LogP contribution in [0.4, 0.5) is 11.4 Å². The zero-order chi connectivity index (χ0) is 22.2. The van der Waals surface area contributed by atoms with Gasteiger partial charge in [0.2, 0.25) is 0 Å². The Morgan fingerprint density at radius 3 is 2.32 bits per heavy atom. The van der Waals surface area contributed by atoms with Crippen molar-refractivity contribution in [3.05, 3.63) is 80.8 Å². The number of nitro benzene ring substituents is 2. The molecule has 156 valence electrons. The van der Waals surface area contributed by atoms with E-state index in [0.717, 1.165) is 18.2 Å². The maximum atomic E-state index is 12.9. The summed E-state index contributed by atoms with van der Waals surface area (Å²) in [6.07, 6.45) is 1.48. The molecule has 0 saturated heterocycles. The van der Waals surface area contributed by atoms with Crippen molar-refractivity contribution >= 4 is 32.1 Å². The Morgan fingerprint density at radius 2 is 1.65 bits per heavy atom. The van der Waals surface area contributed by atoms with Crippen LogP contribution in [0.3, 0.4) is 0 Å². The minimum Gasteiger partial charge on any atom is -0.334 e. The van der Waals surface area contributed by atoms with Gasteiger partial charge in [0.25, 0.3) is 17.3 Å². The van der Waals surface area contributed by atoms with Gasteiger partial charge < -0.3 is 4.52 Å². The lowest BCUT2D eigenvalue weighted by atomic mass is 10.1. The number of benzene rings is 2. The number of sulfone groups is 1. The smallest absolute Gasteiger partial charge is 0.277 e. The molecule has 0 aliphatic rings. The normalized spacial score (nSPS) is 11.5. The molecule has 0 N–H and O–H groups in total. The van der Waals surface area contributed by atoms with Crippen LogP contribution >= 0.6 is 0 Å². The summed E-state index contributed by atoms with van der Waals surface area (Å²) in [4.78, 5) is 28.6. The van der Waals surface area contributed by atoms with Crippen molar-refractivity contribution in [2.75, 3.05) is 0 Å². The molecule has 4 aromatic rings. The summed E-state index contributed by atoms with van der Waals surface area (Å²) in [5.74, 6) is -1.12. The molecule has 31 heavy (non-hydrogen) atoms. The summed E-state index contributed by atoms with van der Waals surface area (Å²) in [7, 11) is -3.92. The Hall–Kier alpha value is -4.26. The summed E-state index contributed by atoms with van der Waals surface area (Å²) in [5.41, 5.74) is -0.872. The topological polar surface area (TPSA) is 172 Å². The molecule has 0 atom stereocenters. The van der Waals surface area contributed by atoms with Crippen LogP contribution in [0, 0.1) is 20.2 Å². The van der Waals surface area contributed by atoms with E-state index in [4.69, 9.17) is 4.52 Å². The van der Waals surface area contributed by atoms with Crippen molar-refractivity contribution < 1.29 is 22.8 Å². The monoisotopic (exact) mass is 441 g/mol. The lowest BCUT2D eigenvalue weighted by Crippen LogP contribution is -2.07. The van der Waals surface area contributed by atoms with Crippen molar-refractivity contribution in [3.63, 3.8) is 0 Å². The Morgan fingerprint density at radius 1 is 0.968 bits per heavy atom. The third-order valence-electron chi connectivity index (χ3n) is 4.29. The molecule has 0 aliphatic heterocycles. The number of rotatable bonds is 6. The van der Waals surface area contributed by atoms with Gasteiger partial charge in [-0.1, -0.05) is 23.4 Å². The van der Waals surface area contributed by atoms with Crippen LogP contribution in [-0.4, -0.2) is 33.4 Å². The maximum absolute atomic E-state index is 12.9. The maximum Gasteiger partial charge on any atom is 0.277 e. The first-order valence-electron chi connectivity index (χ1n) is 8.58. The zero-order valence-corrected chi connectivity index (χ0v) is 16.2. The Labute approximate surface area is 173 Å². The average Bonchev–Trinajstić information content (AvgIpc) is 3.20. The molecule has 0 amide bonds. The highest BCUT2D eigenvalue weighted by atomic mass is 32.2. The number of pyridine rings is 1. The quantitative estimate of drug-likeness (QED) is 0.319. The van der Waals surface area contributed by atoms with Crippen LogP contribution in [0.1, 0.15) is 5.82 Å². The standard InChI is InChI=1S/C18H11N5O7S/c24-22(25)13-7-12(8-14(9-13)23(26)27)18-20-16(21-30-18)10-31(28,29)15-5-1-3-11-4-2-6-19-17(11)15/h1-9H,10H2. The number of non-ortho nitro benzene ring substituents is 2. The first kappa shape index (κ1) is 20.0. The second kappa shape index (κ2) is 7.53. The molecule has 0 fully saturated rings. The van der Waals surface area contributed by atoms with E-state index in [0.29, 0.717) is 10.9 Å². The Bertz CT molecular complexity index is 1410. The lowest BCUT2D eigenvalue weighted by Gasteiger charge is -2.05. The fraction of sp³-hybridized carbons (Fsp3) is 0.0556. The molecule has 2 aromatic heterocycles. The minimum atomic E-state index is -3.92. The van der Waals surface area contributed by atoms with Gasteiger partial charge in [-0.15, -0.1) is 0 Å². The summed E-state index contributed by atoms with van der Waals surface area (Å²) < 4.78 is 30.8. The zero-order valence-electron chi connectivity index (χ0n) is 15.4. The predicted octanol–water partition coefficient (Wildman–Crippen LogP) is 3.08. The summed E-state index contributed by atoms with van der Waals surface area (Å²) in [6, 6.07) is 11.0. The highest BCUT2D eigenvalue weighted by Crippen LogP contribution is 2.29. The van der Waals surface area contributed by atoms with Crippen molar-refractivity contribution in [3.8, 4) is 11.5 Å². The van der Waals surface area contributed by atoms with Gasteiger partial charge in [0.1, 0.15) is 5.75 Å². The van der Waals surface area contributed by atoms with E-state index in [1.165, 1.54) is 12.3 Å². The first-order valence-corrected chi connectivity index (χ1v) is 10.2. The Kier molecular flexibility index (Phi) is 4.87. The number of aromatic nitrogens is 3. The van der Waals surface area contributed by atoms with Crippen LogP contribution in [0.2, 0.25) is 0 Å². The number of nitrogens with zero attached hydrogens (tertiary/aromatic N) is 5. The van der Waals surface area contributed by atoms with Crippen LogP contribution in [0.25, 0.3) is 22.4 Å². The SMILES string of the molecule is O=[N+]([O-])c1cc(-c2nc(CS(=O)(=O)c3cccc4cccnc34)no2)cc([N+](=O)[O-])c1. The fourth-order valence-corrected chi connectivity index (χ4v) is 4.30. The molecule has 0 radical (unpaired) electrons. The number of hydrogen-bond donors (Lipinski definition) is 0. The summed E-state index contributed by atoms with van der Waals surface area (Å²) in [5, 5.41) is 26.3. The van der Waals surface area contributed by atoms with Crippen molar-refractivity contribution in [1.82, 2.24) is 15.1 Å². The van der Waals surface area contributed by atoms with E-state index < -0.39 is 36.8 Å². The number of nitro groups is 2. The molecule has 0 unspecified atom stereocenters. The van der Waals surface area contributed by atoms with Gasteiger partial charge in [-0.2, -0.15) is 4.98 Å². The molecule has 12 nitrogen and oxygen atoms in total. The van der Waals surface area contributed by atoms with Crippen molar-refractivity contribution in [2.45, 2.75) is 10.6 Å². The van der Waals surface area contributed by atoms with E-state index in [9.17, 15) is 28.6 Å². The van der Waals surface area contributed by atoms with E-state index in [2.05, 4.69) is 15.1 Å². The molecular weight excluding hydrogens is 430 g/mol. The van der Waals surface area contributed by atoms with E-state index in [1.54, 1.807) is 24.3 Å². The third-order valence-corrected chi connectivity index (χ3v) is 5.93. The third kappa shape index (κ3) is 3.93. The highest BCUT2D eigenvalue weighted by Gasteiger charge is 2.24. The van der Waals surface area contributed by atoms with Gasteiger partial charge in [-0.25, -0.2) is 8.42 Å². The van der Waals surface area contributed by atoms with E-state index >= 15 is 0 Å². The molecular formula is C18H11N5O7S. The molecule has 0 spiro atoms. The van der Waals surface area contributed by atoms with Gasteiger partial charge in [0.15, 0.2) is 15.7 Å². The summed E-state index contributed by atoms with van der Waals surface area (Å²) >= 11 is 0. The Balaban J connectivity index is 1.70. The van der Waals surface area contributed by atoms with Gasteiger partial charge >= 0.3 is 0 Å². The summed E-state index contributed by atoms with van der Waals surface area (Å²) in [6.45, 7) is 0. The van der Waals surface area contributed by atoms with Crippen LogP contribution in [-0.2, 0) is 15.6 Å². The molecule has 2 heterocycles. The van der Waals surface area contributed by atoms with E-state index in [-0.39, 0.29) is 22.2 Å². The van der Waals surface area contributed by atoms with Crippen molar-refractivity contribution in [2.24, 2.45) is 0 Å². The molecule has 0 saturated carbocycles. The van der Waals surface area contributed by atoms with Crippen LogP contribution in [0.15, 0.2) is 64.1 Å². The van der Waals surface area contributed by atoms with Gasteiger partial charge in [0, 0.05) is 23.7 Å². The second-order valence-electron chi connectivity index (χ2n) is 6.36. The van der Waals surface area contributed by atoms with E-state index in [1.807, 2.05) is 0 Å². The number of hydrogen-bond acceptors (Lipinski definition) is 10. The predicted molar refractivity (Wildman–Crippen MR) is 106 cm³/mol. The molecule has 4 rings (SSSR count). The molecule has 0 bridgehead atoms.